The summed E-state index contributed by atoms with van der Waals surface area (Å²) in [5, 5.41) is 11.5. The van der Waals surface area contributed by atoms with E-state index in [0.717, 1.165) is 5.56 Å². The smallest absolute Gasteiger partial charge is 0.425 e. The molecular weight excluding hydrogens is 320 g/mol. The highest BCUT2D eigenvalue weighted by atomic mass is 16.8. The van der Waals surface area contributed by atoms with Crippen molar-refractivity contribution in [2.75, 3.05) is 0 Å². The van der Waals surface area contributed by atoms with Crippen LogP contribution < -0.4 is 0 Å². The Morgan fingerprint density at radius 3 is 2.50 bits per heavy atom. The van der Waals surface area contributed by atoms with Crippen molar-refractivity contribution < 1.29 is 28.9 Å². The first-order valence-corrected chi connectivity index (χ1v) is 7.35. The number of ether oxygens (including phenoxy) is 1. The number of imide groups is 1. The van der Waals surface area contributed by atoms with Crippen molar-refractivity contribution in [2.24, 2.45) is 0 Å². The van der Waals surface area contributed by atoms with Gasteiger partial charge in [-0.3, -0.25) is 24.5 Å². The number of nitrogens with zero attached hydrogens (tertiary/aromatic N) is 2. The predicted molar refractivity (Wildman–Crippen MR) is 79.5 cm³/mol. The SMILES string of the molecule is CCc1ccc([N+](=O)[O-])c(C(C)OC(=O)ON2C(=O)CCC2=O)c1. The molecule has 0 spiro atoms. The number of hydroxylamine groups is 2. The molecule has 0 radical (unpaired) electrons. The van der Waals surface area contributed by atoms with E-state index in [4.69, 9.17) is 4.74 Å². The van der Waals surface area contributed by atoms with E-state index in [1.54, 1.807) is 12.1 Å². The molecule has 0 saturated carbocycles. The van der Waals surface area contributed by atoms with Crippen LogP contribution >= 0.6 is 0 Å². The largest absolute Gasteiger partial charge is 0.534 e. The number of hydrogen-bond acceptors (Lipinski definition) is 7. The molecule has 9 heteroatoms. The van der Waals surface area contributed by atoms with Crippen LogP contribution in [0.25, 0.3) is 0 Å². The molecule has 1 atom stereocenters. The van der Waals surface area contributed by atoms with Gasteiger partial charge in [0, 0.05) is 18.9 Å². The minimum atomic E-state index is -1.28. The molecule has 0 bridgehead atoms. The number of nitro benzene ring substituents is 1. The summed E-state index contributed by atoms with van der Waals surface area (Å²) in [5.41, 5.74) is 0.848. The second-order valence-corrected chi connectivity index (χ2v) is 5.19. The summed E-state index contributed by atoms with van der Waals surface area (Å²) in [6, 6.07) is 4.53. The fraction of sp³-hybridized carbons (Fsp3) is 0.400. The van der Waals surface area contributed by atoms with Gasteiger partial charge < -0.3 is 4.74 Å². The summed E-state index contributed by atoms with van der Waals surface area (Å²) in [4.78, 5) is 49.6. The van der Waals surface area contributed by atoms with Gasteiger partial charge >= 0.3 is 6.16 Å². The highest BCUT2D eigenvalue weighted by Crippen LogP contribution is 2.29. The lowest BCUT2D eigenvalue weighted by atomic mass is 10.0. The van der Waals surface area contributed by atoms with Crippen molar-refractivity contribution in [1.82, 2.24) is 5.06 Å². The third-order valence-corrected chi connectivity index (χ3v) is 3.58. The van der Waals surface area contributed by atoms with Crippen molar-refractivity contribution in [3.63, 3.8) is 0 Å². The molecule has 2 rings (SSSR count). The molecule has 0 aliphatic carbocycles. The van der Waals surface area contributed by atoms with Crippen LogP contribution in [0.1, 0.15) is 43.9 Å². The fourth-order valence-electron chi connectivity index (χ4n) is 2.28. The molecule has 1 aromatic carbocycles. The number of nitro groups is 1. The Hall–Kier alpha value is -2.97. The normalized spacial score (nSPS) is 15.3. The summed E-state index contributed by atoms with van der Waals surface area (Å²) in [5.74, 6) is -1.27. The van der Waals surface area contributed by atoms with Gasteiger partial charge in [0.15, 0.2) is 0 Å². The van der Waals surface area contributed by atoms with E-state index in [9.17, 15) is 24.5 Å². The molecular formula is C15H16N2O7. The first-order valence-electron chi connectivity index (χ1n) is 7.35. The molecule has 128 valence electrons. The third kappa shape index (κ3) is 3.67. The highest BCUT2D eigenvalue weighted by Gasteiger charge is 2.34. The molecule has 24 heavy (non-hydrogen) atoms. The zero-order valence-corrected chi connectivity index (χ0v) is 13.2. The van der Waals surface area contributed by atoms with Gasteiger partial charge in [0.2, 0.25) is 0 Å². The Bertz CT molecular complexity index is 685. The van der Waals surface area contributed by atoms with Crippen molar-refractivity contribution >= 4 is 23.7 Å². The molecule has 2 amide bonds. The second-order valence-electron chi connectivity index (χ2n) is 5.19. The van der Waals surface area contributed by atoms with Crippen LogP contribution in [0.5, 0.6) is 0 Å². The van der Waals surface area contributed by atoms with E-state index in [2.05, 4.69) is 4.84 Å². The first-order chi connectivity index (χ1) is 11.3. The maximum Gasteiger partial charge on any atom is 0.534 e. The van der Waals surface area contributed by atoms with Crippen molar-refractivity contribution in [3.05, 3.63) is 39.4 Å². The third-order valence-electron chi connectivity index (χ3n) is 3.58. The van der Waals surface area contributed by atoms with E-state index < -0.39 is 29.0 Å². The summed E-state index contributed by atoms with van der Waals surface area (Å²) in [6.45, 7) is 3.33. The number of carbonyl (C=O) groups is 3. The summed E-state index contributed by atoms with van der Waals surface area (Å²) < 4.78 is 4.97. The summed E-state index contributed by atoms with van der Waals surface area (Å²) >= 11 is 0. The van der Waals surface area contributed by atoms with Gasteiger partial charge in [-0.1, -0.05) is 18.1 Å². The fourth-order valence-corrected chi connectivity index (χ4v) is 2.28. The Morgan fingerprint density at radius 2 is 1.96 bits per heavy atom. The van der Waals surface area contributed by atoms with Crippen LogP contribution in [-0.2, 0) is 25.6 Å². The predicted octanol–water partition coefficient (Wildman–Crippen LogP) is 2.44. The highest BCUT2D eigenvalue weighted by molar-refractivity contribution is 6.01. The van der Waals surface area contributed by atoms with Crippen molar-refractivity contribution in [1.29, 1.82) is 0 Å². The minimum absolute atomic E-state index is 0.0360. The zero-order valence-electron chi connectivity index (χ0n) is 13.2. The standard InChI is InChI=1S/C15H16N2O7/c1-3-10-4-5-12(17(21)22)11(8-10)9(2)23-15(20)24-16-13(18)6-7-14(16)19/h4-5,8-9H,3,6-7H2,1-2H3. The number of carbonyl (C=O) groups excluding carboxylic acids is 3. The van der Waals surface area contributed by atoms with Crippen LogP contribution in [0.15, 0.2) is 18.2 Å². The van der Waals surface area contributed by atoms with Crippen LogP contribution in [0.4, 0.5) is 10.5 Å². The van der Waals surface area contributed by atoms with Crippen molar-refractivity contribution in [3.8, 4) is 0 Å². The minimum Gasteiger partial charge on any atom is -0.425 e. The van der Waals surface area contributed by atoms with Gasteiger partial charge in [-0.15, -0.1) is 0 Å². The second kappa shape index (κ2) is 7.07. The van der Waals surface area contributed by atoms with E-state index >= 15 is 0 Å². The molecule has 9 nitrogen and oxygen atoms in total. The molecule has 1 unspecified atom stereocenters. The number of hydrogen-bond donors (Lipinski definition) is 0. The number of aryl methyl sites for hydroxylation is 1. The molecule has 0 aromatic heterocycles. The van der Waals surface area contributed by atoms with E-state index in [-0.39, 0.29) is 24.1 Å². The number of benzene rings is 1. The molecule has 1 aliphatic heterocycles. The molecule has 1 aromatic rings. The van der Waals surface area contributed by atoms with Crippen LogP contribution in [-0.4, -0.2) is 28.0 Å². The molecule has 1 heterocycles. The van der Waals surface area contributed by atoms with Gasteiger partial charge in [0.25, 0.3) is 17.5 Å². The lowest BCUT2D eigenvalue weighted by Crippen LogP contribution is -2.32. The monoisotopic (exact) mass is 336 g/mol. The van der Waals surface area contributed by atoms with Gasteiger partial charge in [-0.05, 0) is 25.0 Å². The van der Waals surface area contributed by atoms with E-state index in [1.807, 2.05) is 6.92 Å². The Balaban J connectivity index is 2.12. The molecule has 1 fully saturated rings. The van der Waals surface area contributed by atoms with Crippen LogP contribution in [0, 0.1) is 10.1 Å². The van der Waals surface area contributed by atoms with Crippen molar-refractivity contribution in [2.45, 2.75) is 39.2 Å². The quantitative estimate of drug-likeness (QED) is 0.351. The Kier molecular flexibility index (Phi) is 5.12. The molecule has 1 aliphatic rings. The Labute approximate surface area is 137 Å². The van der Waals surface area contributed by atoms with E-state index in [1.165, 1.54) is 13.0 Å². The lowest BCUT2D eigenvalue weighted by Gasteiger charge is -2.17. The van der Waals surface area contributed by atoms with E-state index in [0.29, 0.717) is 11.5 Å². The number of rotatable bonds is 5. The van der Waals surface area contributed by atoms with Gasteiger partial charge in [0.1, 0.15) is 6.10 Å². The van der Waals surface area contributed by atoms with Gasteiger partial charge in [-0.25, -0.2) is 4.79 Å². The average Bonchev–Trinajstić information content (AvgIpc) is 2.85. The zero-order chi connectivity index (χ0) is 17.9. The summed E-state index contributed by atoms with van der Waals surface area (Å²) in [6.07, 6.45) is -1.68. The maximum absolute atomic E-state index is 11.7. The lowest BCUT2D eigenvalue weighted by molar-refractivity contribution is -0.386. The van der Waals surface area contributed by atoms with Gasteiger partial charge in [-0.2, -0.15) is 0 Å². The maximum atomic E-state index is 11.7. The first kappa shape index (κ1) is 17.4. The van der Waals surface area contributed by atoms with Gasteiger partial charge in [0.05, 0.1) is 10.5 Å². The average molecular weight is 336 g/mol. The topological polar surface area (TPSA) is 116 Å². The molecule has 1 saturated heterocycles. The molecule has 0 N–H and O–H groups in total. The van der Waals surface area contributed by atoms with Crippen LogP contribution in [0.2, 0.25) is 0 Å². The van der Waals surface area contributed by atoms with Crippen LogP contribution in [0.3, 0.4) is 0 Å². The number of amides is 2. The Morgan fingerprint density at radius 1 is 1.33 bits per heavy atom. The summed E-state index contributed by atoms with van der Waals surface area (Å²) in [7, 11) is 0.